The molecule has 0 spiro atoms. The molecule has 1 aliphatic heterocycles. The van der Waals surface area contributed by atoms with Crippen molar-refractivity contribution in [2.24, 2.45) is 7.05 Å². The highest BCUT2D eigenvalue weighted by Gasteiger charge is 2.14. The monoisotopic (exact) mass is 178 g/mol. The highest BCUT2D eigenvalue weighted by atomic mass is 14.9. The van der Waals surface area contributed by atoms with Crippen LogP contribution in [0, 0.1) is 0 Å². The minimum atomic E-state index is 0.788. The van der Waals surface area contributed by atoms with Crippen LogP contribution in [-0.2, 0) is 7.05 Å². The van der Waals surface area contributed by atoms with Crippen LogP contribution in [0.25, 0.3) is 0 Å². The molecule has 0 bridgehead atoms. The molecule has 2 nitrogen and oxygen atoms in total. The number of aryl methyl sites for hydroxylation is 1. The third-order valence-corrected chi connectivity index (χ3v) is 2.90. The largest absolute Gasteiger partial charge is 0.357 e. The van der Waals surface area contributed by atoms with E-state index >= 15 is 0 Å². The first-order valence-corrected chi connectivity index (χ1v) is 5.19. The Morgan fingerprint density at radius 2 is 2.31 bits per heavy atom. The Balaban J connectivity index is 2.06. The molecule has 2 heteroatoms. The topological polar surface area (TPSA) is 17.0 Å². The Kier molecular flexibility index (Phi) is 2.69. The summed E-state index contributed by atoms with van der Waals surface area (Å²) < 4.78 is 2.15. The molecule has 2 heterocycles. The van der Waals surface area contributed by atoms with E-state index in [4.69, 9.17) is 0 Å². The van der Waals surface area contributed by atoms with Gasteiger partial charge in [0.1, 0.15) is 0 Å². The Labute approximate surface area is 79.9 Å². The summed E-state index contributed by atoms with van der Waals surface area (Å²) in [5.41, 5.74) is 1.52. The minimum Gasteiger partial charge on any atom is -0.357 e. The lowest BCUT2D eigenvalue weighted by atomic mass is 9.94. The fourth-order valence-electron chi connectivity index (χ4n) is 2.12. The molecule has 1 fully saturated rings. The SMILES string of the molecule is Cn1ccc(C2CCCNCC2)c1. The van der Waals surface area contributed by atoms with Gasteiger partial charge in [0.25, 0.3) is 0 Å². The molecule has 1 aromatic heterocycles. The maximum atomic E-state index is 3.45. The molecule has 0 saturated carbocycles. The lowest BCUT2D eigenvalue weighted by Gasteiger charge is -2.10. The van der Waals surface area contributed by atoms with Crippen molar-refractivity contribution < 1.29 is 0 Å². The molecule has 1 atom stereocenters. The zero-order valence-electron chi connectivity index (χ0n) is 8.29. The predicted octanol–water partition coefficient (Wildman–Crippen LogP) is 1.88. The number of nitrogens with zero attached hydrogens (tertiary/aromatic N) is 1. The van der Waals surface area contributed by atoms with E-state index in [1.54, 1.807) is 0 Å². The van der Waals surface area contributed by atoms with Crippen LogP contribution < -0.4 is 5.32 Å². The lowest BCUT2D eigenvalue weighted by Crippen LogP contribution is -2.13. The van der Waals surface area contributed by atoms with Crippen molar-refractivity contribution in [3.8, 4) is 0 Å². The zero-order chi connectivity index (χ0) is 9.10. The number of nitrogens with one attached hydrogen (secondary N) is 1. The molecule has 1 aromatic rings. The molecule has 2 rings (SSSR count). The number of rotatable bonds is 1. The lowest BCUT2D eigenvalue weighted by molar-refractivity contribution is 0.608. The van der Waals surface area contributed by atoms with Crippen LogP contribution in [0.5, 0.6) is 0 Å². The molecule has 1 aliphatic rings. The van der Waals surface area contributed by atoms with Crippen LogP contribution in [0.15, 0.2) is 18.5 Å². The first-order chi connectivity index (χ1) is 6.36. The van der Waals surface area contributed by atoms with E-state index < -0.39 is 0 Å². The summed E-state index contributed by atoms with van der Waals surface area (Å²) in [6.07, 6.45) is 8.37. The maximum Gasteiger partial charge on any atom is 0.0106 e. The molecule has 0 radical (unpaired) electrons. The van der Waals surface area contributed by atoms with E-state index in [9.17, 15) is 0 Å². The van der Waals surface area contributed by atoms with Gasteiger partial charge in [-0.3, -0.25) is 0 Å². The molecule has 1 N–H and O–H groups in total. The number of hydrogen-bond acceptors (Lipinski definition) is 1. The van der Waals surface area contributed by atoms with Crippen LogP contribution in [-0.4, -0.2) is 17.7 Å². The number of hydrogen-bond donors (Lipinski definition) is 1. The van der Waals surface area contributed by atoms with Gasteiger partial charge in [0.15, 0.2) is 0 Å². The summed E-state index contributed by atoms with van der Waals surface area (Å²) >= 11 is 0. The number of aromatic nitrogens is 1. The van der Waals surface area contributed by atoms with Gasteiger partial charge in [-0.25, -0.2) is 0 Å². The minimum absolute atomic E-state index is 0.788. The van der Waals surface area contributed by atoms with Crippen LogP contribution >= 0.6 is 0 Å². The molecule has 1 unspecified atom stereocenters. The van der Waals surface area contributed by atoms with Crippen LogP contribution in [0.2, 0.25) is 0 Å². The van der Waals surface area contributed by atoms with Gasteiger partial charge in [-0.1, -0.05) is 0 Å². The third kappa shape index (κ3) is 2.13. The van der Waals surface area contributed by atoms with Gasteiger partial charge < -0.3 is 9.88 Å². The van der Waals surface area contributed by atoms with Gasteiger partial charge in [-0.15, -0.1) is 0 Å². The van der Waals surface area contributed by atoms with Crippen LogP contribution in [0.1, 0.15) is 30.7 Å². The van der Waals surface area contributed by atoms with E-state index in [1.165, 1.54) is 37.9 Å². The Hall–Kier alpha value is -0.760. The predicted molar refractivity (Wildman–Crippen MR) is 54.9 cm³/mol. The molecule has 72 valence electrons. The van der Waals surface area contributed by atoms with Gasteiger partial charge in [-0.2, -0.15) is 0 Å². The fraction of sp³-hybridized carbons (Fsp3) is 0.636. The summed E-state index contributed by atoms with van der Waals surface area (Å²) in [5.74, 6) is 0.788. The van der Waals surface area contributed by atoms with Crippen molar-refractivity contribution in [3.05, 3.63) is 24.0 Å². The highest BCUT2D eigenvalue weighted by molar-refractivity contribution is 5.16. The van der Waals surface area contributed by atoms with Gasteiger partial charge in [0.05, 0.1) is 0 Å². The summed E-state index contributed by atoms with van der Waals surface area (Å²) in [4.78, 5) is 0. The summed E-state index contributed by atoms with van der Waals surface area (Å²) in [7, 11) is 2.10. The van der Waals surface area contributed by atoms with Crippen molar-refractivity contribution in [2.75, 3.05) is 13.1 Å². The molecular weight excluding hydrogens is 160 g/mol. The smallest absolute Gasteiger partial charge is 0.0106 e. The first-order valence-electron chi connectivity index (χ1n) is 5.19. The zero-order valence-corrected chi connectivity index (χ0v) is 8.29. The second-order valence-electron chi connectivity index (χ2n) is 3.99. The van der Waals surface area contributed by atoms with Gasteiger partial charge in [0, 0.05) is 19.4 Å². The summed E-state index contributed by atoms with van der Waals surface area (Å²) in [5, 5.41) is 3.45. The molecule has 0 aromatic carbocycles. The normalized spacial score (nSPS) is 24.2. The maximum absolute atomic E-state index is 3.45. The van der Waals surface area contributed by atoms with Gasteiger partial charge in [0.2, 0.25) is 0 Å². The summed E-state index contributed by atoms with van der Waals surface area (Å²) in [6.45, 7) is 2.38. The highest BCUT2D eigenvalue weighted by Crippen LogP contribution is 2.25. The average molecular weight is 178 g/mol. The van der Waals surface area contributed by atoms with E-state index in [0.29, 0.717) is 0 Å². The molecular formula is C11H18N2. The molecule has 1 saturated heterocycles. The Bertz CT molecular complexity index is 257. The van der Waals surface area contributed by atoms with Crippen molar-refractivity contribution in [3.63, 3.8) is 0 Å². The van der Waals surface area contributed by atoms with E-state index in [2.05, 4.69) is 35.4 Å². The summed E-state index contributed by atoms with van der Waals surface area (Å²) in [6, 6.07) is 2.26. The van der Waals surface area contributed by atoms with E-state index in [0.717, 1.165) is 5.92 Å². The van der Waals surface area contributed by atoms with E-state index in [-0.39, 0.29) is 0 Å². The molecule has 13 heavy (non-hydrogen) atoms. The van der Waals surface area contributed by atoms with Crippen molar-refractivity contribution in [1.82, 2.24) is 9.88 Å². The molecule has 0 amide bonds. The first kappa shape index (κ1) is 8.82. The van der Waals surface area contributed by atoms with Gasteiger partial charge >= 0.3 is 0 Å². The van der Waals surface area contributed by atoms with Crippen molar-refractivity contribution in [1.29, 1.82) is 0 Å². The standard InChI is InChI=1S/C11H18N2/c1-13-8-5-11(9-13)10-3-2-6-12-7-4-10/h5,8-10,12H,2-4,6-7H2,1H3. The van der Waals surface area contributed by atoms with Crippen molar-refractivity contribution in [2.45, 2.75) is 25.2 Å². The van der Waals surface area contributed by atoms with Crippen LogP contribution in [0.4, 0.5) is 0 Å². The average Bonchev–Trinajstić information content (AvgIpc) is 2.43. The quantitative estimate of drug-likeness (QED) is 0.695. The third-order valence-electron chi connectivity index (χ3n) is 2.90. The Morgan fingerprint density at radius 1 is 1.38 bits per heavy atom. The second-order valence-corrected chi connectivity index (χ2v) is 3.99. The second kappa shape index (κ2) is 3.97. The van der Waals surface area contributed by atoms with Gasteiger partial charge in [-0.05, 0) is 49.9 Å². The molecule has 0 aliphatic carbocycles. The fourth-order valence-corrected chi connectivity index (χ4v) is 2.12. The van der Waals surface area contributed by atoms with E-state index in [1.807, 2.05) is 0 Å². The van der Waals surface area contributed by atoms with Crippen molar-refractivity contribution >= 4 is 0 Å². The Morgan fingerprint density at radius 3 is 3.08 bits per heavy atom. The van der Waals surface area contributed by atoms with Crippen LogP contribution in [0.3, 0.4) is 0 Å².